The van der Waals surface area contributed by atoms with Gasteiger partial charge in [0.2, 0.25) is 29.5 Å². The average Bonchev–Trinajstić information content (AvgIpc) is 0.758. The van der Waals surface area contributed by atoms with Crippen LogP contribution in [0.5, 0.6) is 0 Å². The average molecular weight is 1990 g/mol. The number of rotatable bonds is 35. The molecule has 0 aliphatic carbocycles. The molecule has 786 valence electrons. The molecule has 11 saturated heterocycles. The fourth-order valence-electron chi connectivity index (χ4n) is 17.7. The van der Waals surface area contributed by atoms with Gasteiger partial charge in [-0.05, 0) is 6.92 Å². The lowest BCUT2D eigenvalue weighted by molar-refractivity contribution is -0.406. The first kappa shape index (κ1) is 112. The molecule has 136 heavy (non-hydrogen) atoms. The topological polar surface area (TPSA) is 926 Å². The van der Waals surface area contributed by atoms with Crippen LogP contribution in [0.2, 0.25) is 0 Å². The number of aliphatic hydroxyl groups excluding tert-OH is 29. The van der Waals surface area contributed by atoms with Gasteiger partial charge < -0.3 is 274 Å². The number of ether oxygens (including phenoxy) is 21. The molecule has 55 atom stereocenters. The molecule has 0 aromatic heterocycles. The van der Waals surface area contributed by atoms with Gasteiger partial charge in [-0.1, -0.05) is 0 Å². The summed E-state index contributed by atoms with van der Waals surface area (Å²) in [5.41, 5.74) is 0. The van der Waals surface area contributed by atoms with Crippen LogP contribution in [0, 0.1) is 0 Å². The van der Waals surface area contributed by atoms with Crippen molar-refractivity contribution in [3.05, 3.63) is 0 Å². The van der Waals surface area contributed by atoms with Crippen molar-refractivity contribution in [2.75, 3.05) is 66.1 Å². The molecule has 60 heteroatoms. The summed E-state index contributed by atoms with van der Waals surface area (Å²) in [7, 11) is 0. The predicted molar refractivity (Wildman–Crippen MR) is 419 cm³/mol. The summed E-state index contributed by atoms with van der Waals surface area (Å²) in [4.78, 5) is 65.2. The van der Waals surface area contributed by atoms with E-state index in [0.29, 0.717) is 0 Å². The number of hydrogen-bond acceptors (Lipinski definition) is 55. The van der Waals surface area contributed by atoms with Gasteiger partial charge in [0.05, 0.1) is 72.2 Å². The monoisotopic (exact) mass is 1990 g/mol. The molecule has 11 aliphatic heterocycles. The molecule has 0 saturated carbocycles. The molecule has 11 heterocycles. The van der Waals surface area contributed by atoms with Gasteiger partial charge in [0, 0.05) is 34.6 Å². The molecule has 11 aliphatic rings. The largest absolute Gasteiger partial charge is 0.394 e. The zero-order valence-electron chi connectivity index (χ0n) is 73.4. The van der Waals surface area contributed by atoms with Crippen LogP contribution in [-0.4, -0.2) is 581 Å². The fraction of sp³-hybridized carbons (Fsp3) is 0.934. The molecule has 0 unspecified atom stereocenters. The second kappa shape index (κ2) is 48.8. The lowest BCUT2D eigenvalue weighted by atomic mass is 9.93. The molecule has 0 bridgehead atoms. The lowest BCUT2D eigenvalue weighted by Crippen LogP contribution is -2.71. The number of nitrogens with one attached hydrogen (secondary N) is 5. The van der Waals surface area contributed by atoms with E-state index in [4.69, 9.17) is 99.5 Å². The van der Waals surface area contributed by atoms with Crippen molar-refractivity contribution in [1.82, 2.24) is 26.6 Å². The van der Waals surface area contributed by atoms with Crippen LogP contribution in [0.15, 0.2) is 0 Å². The van der Waals surface area contributed by atoms with Gasteiger partial charge in [0.25, 0.3) is 0 Å². The van der Waals surface area contributed by atoms with E-state index < -0.39 is 433 Å². The Bertz CT molecular complexity index is 3760. The highest BCUT2D eigenvalue weighted by atomic mass is 16.8. The summed E-state index contributed by atoms with van der Waals surface area (Å²) in [6, 6.07) is -9.88. The van der Waals surface area contributed by atoms with Crippen molar-refractivity contribution in [3.63, 3.8) is 0 Å². The van der Waals surface area contributed by atoms with E-state index in [1.54, 1.807) is 0 Å². The molecule has 11 fully saturated rings. The molecule has 0 spiro atoms. The van der Waals surface area contributed by atoms with E-state index in [9.17, 15) is 172 Å². The predicted octanol–water partition coefficient (Wildman–Crippen LogP) is -23.2. The SMILES string of the molecule is CC(=O)N[C@@H]1[C@H](O[C@@H]2[C@@H](O[C@@H]3[C@H](O)[C@H](O[C@H]4[C@H](O)[C@@H](NC(C)=O)[C@H](O[C@H]5[C@H](O)[C@@H](NC(C)=O)[C@H](O)O[C@@H]5CO[C@H]5O[C@@H](C)[C@@H](O)[C@@H](O)[C@@H]5O)O[C@@H]4CO)O[C@H](CO[C@H]4O[C@H](CO)[C@@H](O)[C@H](O)[C@@H]4O[C@@H]4O[C@H](CO)[C@@H](O)[C@H](O)[C@H]4NC(C)=O)[C@H]3O)O[C@H](CO)[C@@H](O[C@@H]3O[C@H](CO)[C@@H](O[C@@H]4O[C@H](CO)[C@H](O)[C@H](O)[C@H]4O)[C@H](O)[C@H]3NC(C)=O)[C@@H]2O)O[C@H](CO)[C@@H](O[C@@H]2O[C@H](CO)[C@H](O)[C@H](O)[C@H]2O)[C@@H]1O. The van der Waals surface area contributed by atoms with Crippen LogP contribution in [0.4, 0.5) is 0 Å². The standard InChI is InChI=1S/C76H127N5O55/c1-17-38(95)49(106)53(110)71(118-17)116-16-32-62(45(102)33(66(115)119-32)77-18(2)90)130-69-36(80-21(5)93)47(104)60(29(13-88)125-69)133-74-57(114)63(43(100)31(128-74)15-117-75-64(52(109)42(99)26(10-85)123-75)135-67-34(78-19(3)91)44(101)39(96)23(7-82)120-67)134-76-65(136-70-37(81-22(6)94)48(105)59(28(12-87)126-70)132-73-55(112)51(108)41(98)25(9-84)122-73)56(113)61(30(14-89)127-76)129-68-35(79-20(4)92)46(103)58(27(11-86)124-68)131-72-54(111)50(107)40(97)24(8-83)121-72/h17,23-76,82-89,95-115H,7-16H2,1-6H3,(H,77,90)(H,78,91)(H,79,92)(H,80,93)(H,81,94)/t17-,23+,24+,25+,26+,27+,28+,29+,30+,31+,32+,33+,34+,35+,36+,37-,38+,39+,40-,41-,42+,43+,44+,45+,46+,47+,48+,49+,50-,51-,52-,53-,54+,55+,56-,57-,58+,59+,60+,61+,62+,63-,64-,65-,66+,67-,68-,69-,70-,71-,72-,73-,74-,75-,76+/m0/s1. The maximum Gasteiger partial charge on any atom is 0.217 e. The van der Waals surface area contributed by atoms with Crippen molar-refractivity contribution in [2.45, 2.75) is 379 Å². The first-order valence-electron chi connectivity index (χ1n) is 43.5. The van der Waals surface area contributed by atoms with Gasteiger partial charge in [-0.15, -0.1) is 0 Å². The molecule has 60 nitrogen and oxygen atoms in total. The Morgan fingerprint density at radius 2 is 0.463 bits per heavy atom. The second-order valence-corrected chi connectivity index (χ2v) is 34.5. The Kier molecular flexibility index (Phi) is 40.1. The summed E-state index contributed by atoms with van der Waals surface area (Å²) < 4.78 is 127. The van der Waals surface area contributed by atoms with E-state index >= 15 is 0 Å². The minimum atomic E-state index is -2.75. The minimum Gasteiger partial charge on any atom is -0.394 e. The summed E-state index contributed by atoms with van der Waals surface area (Å²) in [5.74, 6) is -4.87. The Morgan fingerprint density at radius 3 is 0.860 bits per heavy atom. The first-order chi connectivity index (χ1) is 64.3. The molecular formula is C76H127N5O55. The van der Waals surface area contributed by atoms with E-state index in [2.05, 4.69) is 26.6 Å². The van der Waals surface area contributed by atoms with Crippen LogP contribution in [-0.2, 0) is 123 Å². The Balaban J connectivity index is 0.984. The van der Waals surface area contributed by atoms with Crippen molar-refractivity contribution < 1.29 is 272 Å². The number of amides is 5. The summed E-state index contributed by atoms with van der Waals surface area (Å²) in [5, 5.41) is 339. The molecule has 5 amide bonds. The molecule has 0 aromatic rings. The summed E-state index contributed by atoms with van der Waals surface area (Å²) >= 11 is 0. The van der Waals surface area contributed by atoms with Crippen molar-refractivity contribution in [2.24, 2.45) is 0 Å². The minimum absolute atomic E-state index is 0.870. The van der Waals surface area contributed by atoms with E-state index in [-0.39, 0.29) is 0 Å². The summed E-state index contributed by atoms with van der Waals surface area (Å²) in [6.07, 6.45) is -107. The zero-order chi connectivity index (χ0) is 100. The molecule has 0 radical (unpaired) electrons. The third kappa shape index (κ3) is 24.8. The first-order valence-corrected chi connectivity index (χ1v) is 43.5. The van der Waals surface area contributed by atoms with E-state index in [1.165, 1.54) is 6.92 Å². The van der Waals surface area contributed by atoms with Crippen LogP contribution in [0.3, 0.4) is 0 Å². The van der Waals surface area contributed by atoms with Crippen molar-refractivity contribution >= 4 is 29.5 Å². The molecule has 11 rings (SSSR count). The van der Waals surface area contributed by atoms with Gasteiger partial charge in [-0.2, -0.15) is 0 Å². The second-order valence-electron chi connectivity index (χ2n) is 34.5. The van der Waals surface area contributed by atoms with Crippen molar-refractivity contribution in [1.29, 1.82) is 0 Å². The molecular weight excluding hydrogens is 1860 g/mol. The molecule has 34 N–H and O–H groups in total. The Hall–Kier alpha value is -4.65. The number of aliphatic hydroxyl groups is 29. The quantitative estimate of drug-likeness (QED) is 0.0280. The third-order valence-electron chi connectivity index (χ3n) is 24.9. The lowest BCUT2D eigenvalue weighted by Gasteiger charge is -2.52. The highest BCUT2D eigenvalue weighted by molar-refractivity contribution is 5.75. The highest BCUT2D eigenvalue weighted by Gasteiger charge is 2.63. The van der Waals surface area contributed by atoms with Crippen molar-refractivity contribution in [3.8, 4) is 0 Å². The van der Waals surface area contributed by atoms with Gasteiger partial charge >= 0.3 is 0 Å². The number of carbonyl (C=O) groups is 5. The fourth-order valence-corrected chi connectivity index (χ4v) is 17.7. The molecule has 0 aromatic carbocycles. The Morgan fingerprint density at radius 1 is 0.206 bits per heavy atom. The van der Waals surface area contributed by atoms with Crippen LogP contribution in [0.1, 0.15) is 41.5 Å². The van der Waals surface area contributed by atoms with E-state index in [1.807, 2.05) is 0 Å². The van der Waals surface area contributed by atoms with Crippen LogP contribution < -0.4 is 26.6 Å². The normalized spacial score (nSPS) is 49.2. The third-order valence-corrected chi connectivity index (χ3v) is 24.9. The maximum absolute atomic E-state index is 13.4. The smallest absolute Gasteiger partial charge is 0.217 e. The highest BCUT2D eigenvalue weighted by Crippen LogP contribution is 2.42. The Labute approximate surface area is 770 Å². The number of carbonyl (C=O) groups excluding carboxylic acids is 5. The van der Waals surface area contributed by atoms with Gasteiger partial charge in [-0.25, -0.2) is 0 Å². The van der Waals surface area contributed by atoms with Gasteiger partial charge in [0.15, 0.2) is 69.2 Å². The van der Waals surface area contributed by atoms with Crippen LogP contribution >= 0.6 is 0 Å². The summed E-state index contributed by atoms with van der Waals surface area (Å²) in [6.45, 7) is -5.70. The van der Waals surface area contributed by atoms with Gasteiger partial charge in [-0.3, -0.25) is 24.0 Å². The van der Waals surface area contributed by atoms with Crippen LogP contribution in [0.25, 0.3) is 0 Å². The van der Waals surface area contributed by atoms with E-state index in [0.717, 1.165) is 34.6 Å². The van der Waals surface area contributed by atoms with Gasteiger partial charge in [0.1, 0.15) is 262 Å². The number of hydrogen-bond donors (Lipinski definition) is 34. The zero-order valence-corrected chi connectivity index (χ0v) is 73.4. The maximum atomic E-state index is 13.4.